The Kier molecular flexibility index (Phi) is 3.77. The third-order valence-electron chi connectivity index (χ3n) is 4.29. The van der Waals surface area contributed by atoms with E-state index >= 15 is 0 Å². The topological polar surface area (TPSA) is 76.1 Å². The van der Waals surface area contributed by atoms with Crippen LogP contribution in [-0.4, -0.2) is 61.8 Å². The van der Waals surface area contributed by atoms with Crippen molar-refractivity contribution in [3.63, 3.8) is 0 Å². The molecular formula is C14H23N7. The highest BCUT2D eigenvalue weighted by atomic mass is 15.3. The van der Waals surface area contributed by atoms with Gasteiger partial charge in [-0.25, -0.2) is 9.97 Å². The van der Waals surface area contributed by atoms with Crippen molar-refractivity contribution in [2.75, 3.05) is 31.9 Å². The lowest BCUT2D eigenvalue weighted by Gasteiger charge is -2.39. The molecule has 0 radical (unpaired) electrons. The van der Waals surface area contributed by atoms with Gasteiger partial charge in [-0.2, -0.15) is 5.10 Å². The zero-order valence-electron chi connectivity index (χ0n) is 13.0. The summed E-state index contributed by atoms with van der Waals surface area (Å²) in [6.45, 7) is 9.53. The van der Waals surface area contributed by atoms with Gasteiger partial charge in [0.25, 0.3) is 0 Å². The number of nitrogens with zero attached hydrogens (tertiary/aromatic N) is 6. The molecule has 1 unspecified atom stereocenters. The molecule has 1 fully saturated rings. The van der Waals surface area contributed by atoms with Crippen molar-refractivity contribution in [2.24, 2.45) is 7.05 Å². The molecule has 3 rings (SSSR count). The van der Waals surface area contributed by atoms with Gasteiger partial charge in [0.05, 0.1) is 18.1 Å². The zero-order valence-corrected chi connectivity index (χ0v) is 13.0. The number of nitrogen functional groups attached to an aromatic ring is 1. The third-order valence-corrected chi connectivity index (χ3v) is 4.29. The molecule has 7 nitrogen and oxygen atoms in total. The third kappa shape index (κ3) is 2.71. The van der Waals surface area contributed by atoms with Crippen molar-refractivity contribution in [1.82, 2.24) is 29.5 Å². The Morgan fingerprint density at radius 2 is 2.14 bits per heavy atom. The van der Waals surface area contributed by atoms with E-state index in [1.807, 2.05) is 7.05 Å². The molecule has 21 heavy (non-hydrogen) atoms. The summed E-state index contributed by atoms with van der Waals surface area (Å²) in [7, 11) is 1.88. The first-order valence-corrected chi connectivity index (χ1v) is 7.49. The second-order valence-electron chi connectivity index (χ2n) is 5.74. The van der Waals surface area contributed by atoms with Crippen LogP contribution in [0, 0.1) is 0 Å². The van der Waals surface area contributed by atoms with Gasteiger partial charge in [0.2, 0.25) is 0 Å². The van der Waals surface area contributed by atoms with Crippen LogP contribution in [0.3, 0.4) is 0 Å². The molecule has 7 heteroatoms. The van der Waals surface area contributed by atoms with Crippen LogP contribution in [-0.2, 0) is 13.6 Å². The van der Waals surface area contributed by atoms with E-state index < -0.39 is 0 Å². The maximum Gasteiger partial charge on any atom is 0.163 e. The molecule has 3 heterocycles. The molecule has 114 valence electrons. The highest BCUT2D eigenvalue weighted by Gasteiger charge is 2.23. The summed E-state index contributed by atoms with van der Waals surface area (Å²) >= 11 is 0. The molecule has 0 bridgehead atoms. The van der Waals surface area contributed by atoms with Crippen LogP contribution in [0.1, 0.15) is 19.7 Å². The van der Waals surface area contributed by atoms with E-state index in [1.54, 1.807) is 10.9 Å². The summed E-state index contributed by atoms with van der Waals surface area (Å²) in [6, 6.07) is 0.571. The summed E-state index contributed by atoms with van der Waals surface area (Å²) in [5.74, 6) is 1.30. The predicted octanol–water partition coefficient (Wildman–Crippen LogP) is 0.472. The fourth-order valence-corrected chi connectivity index (χ4v) is 3.05. The van der Waals surface area contributed by atoms with Crippen molar-refractivity contribution in [2.45, 2.75) is 26.4 Å². The van der Waals surface area contributed by atoms with Crippen molar-refractivity contribution < 1.29 is 0 Å². The number of aryl methyl sites for hydroxylation is 1. The lowest BCUT2D eigenvalue weighted by atomic mass is 10.2. The van der Waals surface area contributed by atoms with E-state index in [1.165, 1.54) is 0 Å². The SMILES string of the molecule is CCN1CCN(Cc2nc(N)c3cnn(C)c3n2)CC1C. The van der Waals surface area contributed by atoms with Crippen molar-refractivity contribution in [3.05, 3.63) is 12.0 Å². The van der Waals surface area contributed by atoms with Crippen LogP contribution in [0.4, 0.5) is 5.82 Å². The Bertz CT molecular complexity index is 636. The first-order valence-electron chi connectivity index (χ1n) is 7.49. The second-order valence-corrected chi connectivity index (χ2v) is 5.74. The quantitative estimate of drug-likeness (QED) is 0.885. The Hall–Kier alpha value is -1.73. The van der Waals surface area contributed by atoms with Gasteiger partial charge in [-0.15, -0.1) is 0 Å². The monoisotopic (exact) mass is 289 g/mol. The van der Waals surface area contributed by atoms with Crippen LogP contribution in [0.15, 0.2) is 6.20 Å². The first-order chi connectivity index (χ1) is 10.1. The molecule has 1 saturated heterocycles. The van der Waals surface area contributed by atoms with Crippen LogP contribution in [0.25, 0.3) is 11.0 Å². The van der Waals surface area contributed by atoms with Crippen LogP contribution >= 0.6 is 0 Å². The molecule has 0 aromatic carbocycles. The summed E-state index contributed by atoms with van der Waals surface area (Å²) in [5, 5.41) is 5.02. The number of piperazine rings is 1. The van der Waals surface area contributed by atoms with Gasteiger partial charge in [0.1, 0.15) is 11.6 Å². The maximum atomic E-state index is 6.02. The maximum absolute atomic E-state index is 6.02. The van der Waals surface area contributed by atoms with Crippen LogP contribution < -0.4 is 5.73 Å². The lowest BCUT2D eigenvalue weighted by molar-refractivity contribution is 0.0818. The number of fused-ring (bicyclic) bond motifs is 1. The highest BCUT2D eigenvalue weighted by Crippen LogP contribution is 2.18. The molecule has 2 aromatic heterocycles. The number of aromatic nitrogens is 4. The van der Waals surface area contributed by atoms with E-state index in [9.17, 15) is 0 Å². The number of likely N-dealkylation sites (N-methyl/N-ethyl adjacent to an activating group) is 1. The van der Waals surface area contributed by atoms with E-state index in [0.717, 1.165) is 49.6 Å². The molecule has 0 amide bonds. The molecule has 0 saturated carbocycles. The summed E-state index contributed by atoms with van der Waals surface area (Å²) in [4.78, 5) is 13.9. The molecule has 0 spiro atoms. The van der Waals surface area contributed by atoms with E-state index in [2.05, 4.69) is 38.7 Å². The van der Waals surface area contributed by atoms with Gasteiger partial charge in [-0.3, -0.25) is 14.5 Å². The lowest BCUT2D eigenvalue weighted by Crippen LogP contribution is -2.51. The first kappa shape index (κ1) is 14.2. The van der Waals surface area contributed by atoms with Crippen molar-refractivity contribution in [3.8, 4) is 0 Å². The predicted molar refractivity (Wildman–Crippen MR) is 82.7 cm³/mol. The fraction of sp³-hybridized carbons (Fsp3) is 0.643. The zero-order chi connectivity index (χ0) is 15.0. The van der Waals surface area contributed by atoms with Gasteiger partial charge in [0.15, 0.2) is 5.65 Å². The molecule has 1 aliphatic heterocycles. The minimum atomic E-state index is 0.517. The van der Waals surface area contributed by atoms with Gasteiger partial charge in [-0.1, -0.05) is 6.92 Å². The van der Waals surface area contributed by atoms with Gasteiger partial charge >= 0.3 is 0 Å². The number of hydrogen-bond acceptors (Lipinski definition) is 6. The van der Waals surface area contributed by atoms with E-state index in [0.29, 0.717) is 11.9 Å². The summed E-state index contributed by atoms with van der Waals surface area (Å²) < 4.78 is 1.74. The highest BCUT2D eigenvalue weighted by molar-refractivity contribution is 5.84. The minimum Gasteiger partial charge on any atom is -0.383 e. The van der Waals surface area contributed by atoms with Gasteiger partial charge in [0, 0.05) is 32.7 Å². The Morgan fingerprint density at radius 1 is 1.33 bits per heavy atom. The van der Waals surface area contributed by atoms with Gasteiger partial charge in [-0.05, 0) is 13.5 Å². The average molecular weight is 289 g/mol. The largest absolute Gasteiger partial charge is 0.383 e. The minimum absolute atomic E-state index is 0.517. The average Bonchev–Trinajstić information content (AvgIpc) is 2.81. The number of hydrogen-bond donors (Lipinski definition) is 1. The smallest absolute Gasteiger partial charge is 0.163 e. The normalized spacial score (nSPS) is 21.2. The number of nitrogens with two attached hydrogens (primary N) is 1. The molecule has 1 aliphatic rings. The van der Waals surface area contributed by atoms with E-state index in [4.69, 9.17) is 5.73 Å². The van der Waals surface area contributed by atoms with Crippen LogP contribution in [0.5, 0.6) is 0 Å². The molecule has 0 aliphatic carbocycles. The van der Waals surface area contributed by atoms with Crippen molar-refractivity contribution in [1.29, 1.82) is 0 Å². The van der Waals surface area contributed by atoms with Gasteiger partial charge < -0.3 is 5.73 Å². The molecule has 2 N–H and O–H groups in total. The number of rotatable bonds is 3. The van der Waals surface area contributed by atoms with Crippen molar-refractivity contribution >= 4 is 16.9 Å². The number of anilines is 1. The Labute approximate surface area is 124 Å². The van der Waals surface area contributed by atoms with Crippen LogP contribution in [0.2, 0.25) is 0 Å². The van der Waals surface area contributed by atoms with E-state index in [-0.39, 0.29) is 0 Å². The standard InChI is InChI=1S/C14H23N7/c1-4-21-6-5-20(8-10(21)2)9-12-17-13(15)11-7-16-19(3)14(11)18-12/h7,10H,4-6,8-9H2,1-3H3,(H2,15,17,18). The second kappa shape index (κ2) is 5.57. The summed E-state index contributed by atoms with van der Waals surface area (Å²) in [6.07, 6.45) is 1.72. The molecule has 2 aromatic rings. The molecule has 1 atom stereocenters. The Morgan fingerprint density at radius 3 is 2.86 bits per heavy atom. The molecular weight excluding hydrogens is 266 g/mol. The Balaban J connectivity index is 1.78. The summed E-state index contributed by atoms with van der Waals surface area (Å²) in [5.41, 5.74) is 6.82. The fourth-order valence-electron chi connectivity index (χ4n) is 3.05.